The summed E-state index contributed by atoms with van der Waals surface area (Å²) in [6.07, 6.45) is 3.57. The minimum Gasteiger partial charge on any atom is -0.493 e. The van der Waals surface area contributed by atoms with Gasteiger partial charge in [0.2, 0.25) is 0 Å². The fraction of sp³-hybridized carbons (Fsp3) is 0.533. The van der Waals surface area contributed by atoms with Crippen molar-refractivity contribution in [2.45, 2.75) is 26.2 Å². The van der Waals surface area contributed by atoms with Crippen molar-refractivity contribution in [3.05, 3.63) is 28.2 Å². The molecule has 2 saturated carbocycles. The first-order valence-corrected chi connectivity index (χ1v) is 7.45. The molecule has 0 heterocycles. The summed E-state index contributed by atoms with van der Waals surface area (Å²) in [5.41, 5.74) is 0.816. The lowest BCUT2D eigenvalue weighted by molar-refractivity contribution is 0.0914. The number of carbonyl (C=O) groups excluding carboxylic acids is 1. The van der Waals surface area contributed by atoms with E-state index in [1.165, 1.54) is 6.42 Å². The van der Waals surface area contributed by atoms with Crippen LogP contribution in [0.2, 0.25) is 0 Å². The molecule has 0 aliphatic heterocycles. The van der Waals surface area contributed by atoms with Crippen LogP contribution in [0.3, 0.4) is 0 Å². The van der Waals surface area contributed by atoms with E-state index in [0.717, 1.165) is 40.5 Å². The number of halogens is 1. The Kier molecular flexibility index (Phi) is 3.18. The van der Waals surface area contributed by atoms with Gasteiger partial charge in [-0.25, -0.2) is 0 Å². The van der Waals surface area contributed by atoms with Crippen molar-refractivity contribution in [3.8, 4) is 5.75 Å². The maximum absolute atomic E-state index is 12.4. The van der Waals surface area contributed by atoms with Crippen LogP contribution in [0.5, 0.6) is 5.75 Å². The second-order valence-electron chi connectivity index (χ2n) is 5.37. The number of ether oxygens (including phenoxy) is 1. The first kappa shape index (κ1) is 12.2. The van der Waals surface area contributed by atoms with Gasteiger partial charge in [0.15, 0.2) is 5.78 Å². The smallest absolute Gasteiger partial charge is 0.166 e. The molecule has 1 aromatic carbocycles. The Morgan fingerprint density at radius 2 is 2.06 bits per heavy atom. The highest BCUT2D eigenvalue weighted by molar-refractivity contribution is 9.10. The Balaban J connectivity index is 1.75. The van der Waals surface area contributed by atoms with Crippen molar-refractivity contribution in [2.24, 2.45) is 17.8 Å². The largest absolute Gasteiger partial charge is 0.493 e. The van der Waals surface area contributed by atoms with Crippen molar-refractivity contribution in [1.29, 1.82) is 0 Å². The summed E-state index contributed by atoms with van der Waals surface area (Å²) in [4.78, 5) is 12.4. The number of ketones is 1. The van der Waals surface area contributed by atoms with Gasteiger partial charge < -0.3 is 4.74 Å². The van der Waals surface area contributed by atoms with Gasteiger partial charge in [-0.3, -0.25) is 4.79 Å². The summed E-state index contributed by atoms with van der Waals surface area (Å²) in [6, 6.07) is 5.68. The molecule has 96 valence electrons. The molecule has 18 heavy (non-hydrogen) atoms. The Morgan fingerprint density at radius 1 is 1.33 bits per heavy atom. The molecule has 0 aromatic heterocycles. The maximum atomic E-state index is 12.4. The fourth-order valence-corrected chi connectivity index (χ4v) is 3.58. The van der Waals surface area contributed by atoms with Crippen LogP contribution in [0.4, 0.5) is 0 Å². The molecule has 3 heteroatoms. The number of rotatable bonds is 4. The second-order valence-corrected chi connectivity index (χ2v) is 6.22. The zero-order valence-electron chi connectivity index (χ0n) is 10.5. The summed E-state index contributed by atoms with van der Waals surface area (Å²) >= 11 is 3.47. The van der Waals surface area contributed by atoms with E-state index in [0.29, 0.717) is 12.4 Å². The van der Waals surface area contributed by atoms with Crippen molar-refractivity contribution < 1.29 is 9.53 Å². The van der Waals surface area contributed by atoms with E-state index in [2.05, 4.69) is 15.9 Å². The zero-order valence-corrected chi connectivity index (χ0v) is 12.1. The van der Waals surface area contributed by atoms with Gasteiger partial charge in [-0.2, -0.15) is 0 Å². The third-order valence-electron chi connectivity index (χ3n) is 4.13. The molecular weight excluding hydrogens is 292 g/mol. The molecule has 0 saturated heterocycles. The minimum atomic E-state index is 0.263. The van der Waals surface area contributed by atoms with Gasteiger partial charge in [-0.05, 0) is 72.2 Å². The van der Waals surface area contributed by atoms with Crippen molar-refractivity contribution >= 4 is 21.7 Å². The predicted molar refractivity (Wildman–Crippen MR) is 74.0 cm³/mol. The molecule has 0 N–H and O–H groups in total. The van der Waals surface area contributed by atoms with Crippen molar-refractivity contribution in [1.82, 2.24) is 0 Å². The van der Waals surface area contributed by atoms with Crippen LogP contribution in [0.15, 0.2) is 22.7 Å². The van der Waals surface area contributed by atoms with Gasteiger partial charge in [0, 0.05) is 11.5 Å². The van der Waals surface area contributed by atoms with Crippen LogP contribution in [-0.2, 0) is 0 Å². The quantitative estimate of drug-likeness (QED) is 0.784. The molecule has 0 amide bonds. The van der Waals surface area contributed by atoms with Crippen LogP contribution in [0.25, 0.3) is 0 Å². The predicted octanol–water partition coefficient (Wildman–Crippen LogP) is 4.08. The molecule has 2 nitrogen and oxygen atoms in total. The van der Waals surface area contributed by atoms with E-state index in [1.54, 1.807) is 0 Å². The van der Waals surface area contributed by atoms with E-state index < -0.39 is 0 Å². The van der Waals surface area contributed by atoms with Gasteiger partial charge in [0.25, 0.3) is 0 Å². The number of benzene rings is 1. The molecule has 2 aliphatic carbocycles. The molecule has 3 rings (SSSR count). The standard InChI is InChI=1S/C15H17BrO2/c1-2-18-14-4-3-9(8-13(14)16)15(17)12-6-10-5-11(10)7-12/h3-4,8,10-12H,2,5-7H2,1H3. The average Bonchev–Trinajstić information content (AvgIpc) is 2.98. The third kappa shape index (κ3) is 2.20. The normalized spacial score (nSPS) is 28.9. The Bertz CT molecular complexity index is 473. The van der Waals surface area contributed by atoms with Crippen molar-refractivity contribution in [3.63, 3.8) is 0 Å². The summed E-state index contributed by atoms with van der Waals surface area (Å²) in [5, 5.41) is 0. The highest BCUT2D eigenvalue weighted by atomic mass is 79.9. The number of Topliss-reactive ketones (excluding diaryl/α,β-unsaturated/α-hetero) is 1. The van der Waals surface area contributed by atoms with Crippen LogP contribution in [0, 0.1) is 17.8 Å². The molecule has 0 spiro atoms. The molecule has 1 aromatic rings. The van der Waals surface area contributed by atoms with Gasteiger partial charge in [-0.15, -0.1) is 0 Å². The zero-order chi connectivity index (χ0) is 12.7. The van der Waals surface area contributed by atoms with Crippen LogP contribution >= 0.6 is 15.9 Å². The van der Waals surface area contributed by atoms with E-state index in [1.807, 2.05) is 25.1 Å². The molecule has 2 unspecified atom stereocenters. The van der Waals surface area contributed by atoms with Crippen LogP contribution < -0.4 is 4.74 Å². The van der Waals surface area contributed by atoms with E-state index >= 15 is 0 Å². The lowest BCUT2D eigenvalue weighted by atomic mass is 9.93. The summed E-state index contributed by atoms with van der Waals surface area (Å²) in [5.74, 6) is 3.09. The third-order valence-corrected chi connectivity index (χ3v) is 4.75. The number of fused-ring (bicyclic) bond motifs is 1. The lowest BCUT2D eigenvalue weighted by Gasteiger charge is -2.12. The summed E-state index contributed by atoms with van der Waals surface area (Å²) < 4.78 is 6.34. The SMILES string of the molecule is CCOc1ccc(C(=O)C2CC3CC3C2)cc1Br. The number of carbonyl (C=O) groups is 1. The highest BCUT2D eigenvalue weighted by Crippen LogP contribution is 2.55. The first-order valence-electron chi connectivity index (χ1n) is 6.65. The number of hydrogen-bond donors (Lipinski definition) is 0. The Labute approximate surface area is 116 Å². The Morgan fingerprint density at radius 3 is 2.67 bits per heavy atom. The number of hydrogen-bond acceptors (Lipinski definition) is 2. The molecule has 0 bridgehead atoms. The topological polar surface area (TPSA) is 26.3 Å². The van der Waals surface area contributed by atoms with E-state index in [4.69, 9.17) is 4.74 Å². The second kappa shape index (κ2) is 4.69. The average molecular weight is 309 g/mol. The maximum Gasteiger partial charge on any atom is 0.166 e. The first-order chi connectivity index (χ1) is 8.69. The van der Waals surface area contributed by atoms with E-state index in [-0.39, 0.29) is 5.92 Å². The van der Waals surface area contributed by atoms with Crippen molar-refractivity contribution in [2.75, 3.05) is 6.61 Å². The Hall–Kier alpha value is -0.830. The lowest BCUT2D eigenvalue weighted by Crippen LogP contribution is -2.13. The fourth-order valence-electron chi connectivity index (χ4n) is 3.09. The van der Waals surface area contributed by atoms with Gasteiger partial charge >= 0.3 is 0 Å². The van der Waals surface area contributed by atoms with Crippen LogP contribution in [0.1, 0.15) is 36.5 Å². The van der Waals surface area contributed by atoms with E-state index in [9.17, 15) is 4.79 Å². The molecule has 2 fully saturated rings. The van der Waals surface area contributed by atoms with Gasteiger partial charge in [-0.1, -0.05) is 0 Å². The minimum absolute atomic E-state index is 0.263. The van der Waals surface area contributed by atoms with Crippen LogP contribution in [-0.4, -0.2) is 12.4 Å². The molecule has 2 aliphatic rings. The van der Waals surface area contributed by atoms with Gasteiger partial charge in [0.1, 0.15) is 5.75 Å². The molecular formula is C15H17BrO2. The van der Waals surface area contributed by atoms with Gasteiger partial charge in [0.05, 0.1) is 11.1 Å². The highest BCUT2D eigenvalue weighted by Gasteiger charge is 2.47. The summed E-state index contributed by atoms with van der Waals surface area (Å²) in [6.45, 7) is 2.59. The summed E-state index contributed by atoms with van der Waals surface area (Å²) in [7, 11) is 0. The molecule has 0 radical (unpaired) electrons. The molecule has 2 atom stereocenters. The monoisotopic (exact) mass is 308 g/mol.